The minimum Gasteiger partial charge on any atom is -0.383 e. The molecule has 0 bridgehead atoms. The highest BCUT2D eigenvalue weighted by molar-refractivity contribution is 9.10. The maximum absolute atomic E-state index is 5.62. The Morgan fingerprint density at radius 1 is 1.44 bits per heavy atom. The number of rotatable bonds is 4. The van der Waals surface area contributed by atoms with E-state index in [1.807, 2.05) is 0 Å². The molecule has 2 heterocycles. The summed E-state index contributed by atoms with van der Waals surface area (Å²) in [7, 11) is 0. The van der Waals surface area contributed by atoms with E-state index in [4.69, 9.17) is 5.73 Å². The lowest BCUT2D eigenvalue weighted by atomic mass is 10.5. The summed E-state index contributed by atoms with van der Waals surface area (Å²) < 4.78 is 2.40. The van der Waals surface area contributed by atoms with E-state index >= 15 is 0 Å². The molecular formula is C8H10BrN7. The molecule has 2 aromatic rings. The number of hydrogen-bond donors (Lipinski definition) is 2. The summed E-state index contributed by atoms with van der Waals surface area (Å²) in [5.41, 5.74) is 5.62. The molecule has 0 aromatic carbocycles. The van der Waals surface area contributed by atoms with Gasteiger partial charge in [0.15, 0.2) is 0 Å². The molecule has 16 heavy (non-hydrogen) atoms. The van der Waals surface area contributed by atoms with Crippen molar-refractivity contribution in [3.05, 3.63) is 23.2 Å². The number of hydrogen-bond acceptors (Lipinski definition) is 6. The van der Waals surface area contributed by atoms with Crippen LogP contribution in [0.2, 0.25) is 0 Å². The Labute approximate surface area is 100 Å². The summed E-state index contributed by atoms with van der Waals surface area (Å²) in [6, 6.07) is 0. The van der Waals surface area contributed by atoms with Crippen LogP contribution in [0.15, 0.2) is 23.2 Å². The van der Waals surface area contributed by atoms with Gasteiger partial charge >= 0.3 is 0 Å². The Morgan fingerprint density at radius 2 is 2.31 bits per heavy atom. The molecule has 0 saturated heterocycles. The molecule has 0 saturated carbocycles. The molecule has 0 aliphatic rings. The van der Waals surface area contributed by atoms with Crippen molar-refractivity contribution in [2.75, 3.05) is 17.6 Å². The van der Waals surface area contributed by atoms with Crippen LogP contribution in [-0.2, 0) is 6.54 Å². The van der Waals surface area contributed by atoms with Crippen LogP contribution in [0.1, 0.15) is 0 Å². The molecule has 3 N–H and O–H groups in total. The van der Waals surface area contributed by atoms with Crippen LogP contribution in [0.25, 0.3) is 0 Å². The molecule has 0 aliphatic carbocycles. The second-order valence-corrected chi connectivity index (χ2v) is 3.81. The van der Waals surface area contributed by atoms with Crippen LogP contribution in [0.4, 0.5) is 11.6 Å². The quantitative estimate of drug-likeness (QED) is 0.850. The zero-order valence-corrected chi connectivity index (χ0v) is 9.92. The second kappa shape index (κ2) is 4.88. The van der Waals surface area contributed by atoms with Gasteiger partial charge in [-0.3, -0.25) is 4.68 Å². The van der Waals surface area contributed by atoms with E-state index < -0.39 is 0 Å². The molecular weight excluding hydrogens is 274 g/mol. The van der Waals surface area contributed by atoms with Crippen molar-refractivity contribution in [2.24, 2.45) is 0 Å². The fourth-order valence-electron chi connectivity index (χ4n) is 1.15. The summed E-state index contributed by atoms with van der Waals surface area (Å²) in [5.74, 6) is 1.09. The topological polar surface area (TPSA) is 94.5 Å². The molecule has 0 spiro atoms. The molecule has 7 nitrogen and oxygen atoms in total. The first kappa shape index (κ1) is 10.8. The SMILES string of the molecule is Nc1ncnc(NCCn2ccnn2)c1Br. The molecule has 8 heteroatoms. The van der Waals surface area contributed by atoms with Gasteiger partial charge in [-0.1, -0.05) is 5.21 Å². The Morgan fingerprint density at radius 3 is 3.06 bits per heavy atom. The molecule has 0 amide bonds. The monoisotopic (exact) mass is 283 g/mol. The number of halogens is 1. The molecule has 84 valence electrons. The first-order valence-electron chi connectivity index (χ1n) is 4.61. The smallest absolute Gasteiger partial charge is 0.146 e. The van der Waals surface area contributed by atoms with Gasteiger partial charge < -0.3 is 11.1 Å². The summed E-state index contributed by atoms with van der Waals surface area (Å²) >= 11 is 3.31. The van der Waals surface area contributed by atoms with Gasteiger partial charge in [-0.25, -0.2) is 9.97 Å². The highest BCUT2D eigenvalue weighted by Crippen LogP contribution is 2.23. The molecule has 2 rings (SSSR count). The highest BCUT2D eigenvalue weighted by Gasteiger charge is 2.04. The fourth-order valence-corrected chi connectivity index (χ4v) is 1.49. The third-order valence-electron chi connectivity index (χ3n) is 1.92. The van der Waals surface area contributed by atoms with Crippen molar-refractivity contribution < 1.29 is 0 Å². The van der Waals surface area contributed by atoms with Crippen molar-refractivity contribution >= 4 is 27.6 Å². The number of anilines is 2. The number of nitrogens with zero attached hydrogens (tertiary/aromatic N) is 5. The Balaban J connectivity index is 1.92. The predicted molar refractivity (Wildman–Crippen MR) is 62.7 cm³/mol. The van der Waals surface area contributed by atoms with Crippen LogP contribution in [-0.4, -0.2) is 31.5 Å². The first-order chi connectivity index (χ1) is 7.77. The third kappa shape index (κ3) is 2.45. The molecule has 2 aromatic heterocycles. The Bertz CT molecular complexity index is 455. The lowest BCUT2D eigenvalue weighted by Crippen LogP contribution is -2.12. The number of nitrogen functional groups attached to an aromatic ring is 1. The lowest BCUT2D eigenvalue weighted by Gasteiger charge is -2.07. The van der Waals surface area contributed by atoms with E-state index in [1.54, 1.807) is 17.1 Å². The van der Waals surface area contributed by atoms with Crippen LogP contribution in [0.5, 0.6) is 0 Å². The van der Waals surface area contributed by atoms with Crippen molar-refractivity contribution in [3.63, 3.8) is 0 Å². The van der Waals surface area contributed by atoms with Gasteiger partial charge in [0.2, 0.25) is 0 Å². The minimum absolute atomic E-state index is 0.415. The van der Waals surface area contributed by atoms with E-state index in [-0.39, 0.29) is 0 Å². The highest BCUT2D eigenvalue weighted by atomic mass is 79.9. The van der Waals surface area contributed by atoms with E-state index in [1.165, 1.54) is 6.33 Å². The molecule has 0 atom stereocenters. The van der Waals surface area contributed by atoms with Gasteiger partial charge in [0.1, 0.15) is 22.4 Å². The molecule has 0 aliphatic heterocycles. The second-order valence-electron chi connectivity index (χ2n) is 3.01. The zero-order chi connectivity index (χ0) is 11.4. The van der Waals surface area contributed by atoms with Gasteiger partial charge in [0.05, 0.1) is 12.7 Å². The van der Waals surface area contributed by atoms with E-state index in [9.17, 15) is 0 Å². The Kier molecular flexibility index (Phi) is 3.30. The van der Waals surface area contributed by atoms with E-state index in [2.05, 4.69) is 41.5 Å². The van der Waals surface area contributed by atoms with Crippen molar-refractivity contribution in [1.82, 2.24) is 25.0 Å². The average molecular weight is 284 g/mol. The third-order valence-corrected chi connectivity index (χ3v) is 2.70. The fraction of sp³-hybridized carbons (Fsp3) is 0.250. The van der Waals surface area contributed by atoms with Crippen molar-refractivity contribution in [2.45, 2.75) is 6.54 Å². The Hall–Kier alpha value is -1.70. The van der Waals surface area contributed by atoms with Gasteiger partial charge in [0.25, 0.3) is 0 Å². The standard InChI is InChI=1S/C8H10BrN7/c9-6-7(10)12-5-13-8(6)11-1-3-16-4-2-14-15-16/h2,4-5H,1,3H2,(H3,10,11,12,13). The maximum atomic E-state index is 5.62. The minimum atomic E-state index is 0.415. The maximum Gasteiger partial charge on any atom is 0.146 e. The summed E-state index contributed by atoms with van der Waals surface area (Å²) in [5, 5.41) is 10.7. The van der Waals surface area contributed by atoms with Gasteiger partial charge in [-0.2, -0.15) is 0 Å². The van der Waals surface area contributed by atoms with Crippen LogP contribution >= 0.6 is 15.9 Å². The van der Waals surface area contributed by atoms with Gasteiger partial charge in [-0.15, -0.1) is 5.10 Å². The number of nitrogens with one attached hydrogen (secondary N) is 1. The van der Waals surface area contributed by atoms with Gasteiger partial charge in [0, 0.05) is 12.7 Å². The van der Waals surface area contributed by atoms with Crippen LogP contribution < -0.4 is 11.1 Å². The van der Waals surface area contributed by atoms with Gasteiger partial charge in [-0.05, 0) is 15.9 Å². The molecule has 0 fully saturated rings. The first-order valence-corrected chi connectivity index (χ1v) is 5.40. The normalized spacial score (nSPS) is 10.3. The average Bonchev–Trinajstić information content (AvgIpc) is 2.77. The van der Waals surface area contributed by atoms with Crippen LogP contribution in [0.3, 0.4) is 0 Å². The van der Waals surface area contributed by atoms with Crippen molar-refractivity contribution in [1.29, 1.82) is 0 Å². The summed E-state index contributed by atoms with van der Waals surface area (Å²) in [6.07, 6.45) is 4.85. The zero-order valence-electron chi connectivity index (χ0n) is 8.34. The summed E-state index contributed by atoms with van der Waals surface area (Å²) in [6.45, 7) is 1.38. The summed E-state index contributed by atoms with van der Waals surface area (Å²) in [4.78, 5) is 7.91. The van der Waals surface area contributed by atoms with Crippen molar-refractivity contribution in [3.8, 4) is 0 Å². The van der Waals surface area contributed by atoms with E-state index in [0.29, 0.717) is 29.2 Å². The van der Waals surface area contributed by atoms with E-state index in [0.717, 1.165) is 0 Å². The number of aromatic nitrogens is 5. The molecule has 0 unspecified atom stereocenters. The molecule has 0 radical (unpaired) electrons. The van der Waals surface area contributed by atoms with Crippen LogP contribution in [0, 0.1) is 0 Å². The largest absolute Gasteiger partial charge is 0.383 e. The predicted octanol–water partition coefficient (Wildman–Crippen LogP) is 0.525. The number of nitrogens with two attached hydrogens (primary N) is 1. The lowest BCUT2D eigenvalue weighted by molar-refractivity contribution is 0.608.